The zero-order valence-corrected chi connectivity index (χ0v) is 7.73. The fourth-order valence-electron chi connectivity index (χ4n) is 1.56. The highest BCUT2D eigenvalue weighted by Crippen LogP contribution is 2.21. The molecule has 13 heavy (non-hydrogen) atoms. The van der Waals surface area contributed by atoms with Gasteiger partial charge in [-0.25, -0.2) is 0 Å². The molecule has 0 saturated carbocycles. The minimum Gasteiger partial charge on any atom is -0.407 e. The smallest absolute Gasteiger partial charge is 0.318 e. The summed E-state index contributed by atoms with van der Waals surface area (Å²) in [7, 11) is 0. The largest absolute Gasteiger partial charge is 0.407 e. The molecule has 1 aromatic heterocycles. The third-order valence-corrected chi connectivity index (χ3v) is 2.33. The van der Waals surface area contributed by atoms with Crippen molar-refractivity contribution in [2.75, 3.05) is 18.0 Å². The first-order chi connectivity index (χ1) is 6.29. The summed E-state index contributed by atoms with van der Waals surface area (Å²) in [4.78, 5) is 2.11. The number of aromatic nitrogens is 2. The van der Waals surface area contributed by atoms with Crippen molar-refractivity contribution in [1.82, 2.24) is 10.2 Å². The van der Waals surface area contributed by atoms with Gasteiger partial charge in [0.05, 0.1) is 6.54 Å². The van der Waals surface area contributed by atoms with Crippen LogP contribution in [0, 0.1) is 5.92 Å². The van der Waals surface area contributed by atoms with E-state index in [-0.39, 0.29) is 0 Å². The minimum absolute atomic E-state index is 0.316. The predicted octanol–water partition coefficient (Wildman–Crippen LogP) is 0.375. The summed E-state index contributed by atoms with van der Waals surface area (Å²) in [6, 6.07) is 0.616. The molecule has 1 unspecified atom stereocenters. The molecule has 0 radical (unpaired) electrons. The van der Waals surface area contributed by atoms with E-state index in [0.717, 1.165) is 13.1 Å². The van der Waals surface area contributed by atoms with Crippen molar-refractivity contribution < 1.29 is 4.42 Å². The van der Waals surface area contributed by atoms with Crippen molar-refractivity contribution >= 4 is 6.01 Å². The summed E-state index contributed by atoms with van der Waals surface area (Å²) in [6.07, 6.45) is 1.19. The lowest BCUT2D eigenvalue weighted by atomic mass is 10.2. The van der Waals surface area contributed by atoms with Gasteiger partial charge in [-0.1, -0.05) is 12.0 Å². The van der Waals surface area contributed by atoms with Gasteiger partial charge in [-0.15, -0.1) is 5.10 Å². The number of anilines is 1. The van der Waals surface area contributed by atoms with Gasteiger partial charge in [0.25, 0.3) is 0 Å². The zero-order valence-electron chi connectivity index (χ0n) is 7.73. The van der Waals surface area contributed by atoms with Gasteiger partial charge in [0, 0.05) is 13.1 Å². The third-order valence-electron chi connectivity index (χ3n) is 2.33. The molecular weight excluding hydrogens is 168 g/mol. The highest BCUT2D eigenvalue weighted by molar-refractivity contribution is 5.26. The Morgan fingerprint density at radius 2 is 2.46 bits per heavy atom. The maximum absolute atomic E-state index is 5.37. The number of nitrogens with zero attached hydrogens (tertiary/aromatic N) is 3. The quantitative estimate of drug-likeness (QED) is 0.715. The molecule has 72 valence electrons. The molecule has 1 aromatic rings. The van der Waals surface area contributed by atoms with Crippen LogP contribution in [0.1, 0.15) is 19.2 Å². The molecule has 1 atom stereocenters. The van der Waals surface area contributed by atoms with Crippen molar-refractivity contribution in [2.24, 2.45) is 11.7 Å². The topological polar surface area (TPSA) is 68.2 Å². The fourth-order valence-corrected chi connectivity index (χ4v) is 1.56. The number of hydrogen-bond acceptors (Lipinski definition) is 5. The Labute approximate surface area is 76.9 Å². The van der Waals surface area contributed by atoms with Crippen molar-refractivity contribution in [1.29, 1.82) is 0 Å². The Morgan fingerprint density at radius 1 is 1.62 bits per heavy atom. The van der Waals surface area contributed by atoms with Gasteiger partial charge < -0.3 is 15.1 Å². The van der Waals surface area contributed by atoms with Crippen LogP contribution in [0.3, 0.4) is 0 Å². The van der Waals surface area contributed by atoms with Gasteiger partial charge in [-0.05, 0) is 12.3 Å². The number of nitrogens with two attached hydrogens (primary N) is 1. The van der Waals surface area contributed by atoms with E-state index in [2.05, 4.69) is 22.0 Å². The van der Waals surface area contributed by atoms with E-state index < -0.39 is 0 Å². The van der Waals surface area contributed by atoms with Crippen LogP contribution in [-0.2, 0) is 6.54 Å². The molecule has 2 rings (SSSR count). The van der Waals surface area contributed by atoms with Crippen LogP contribution in [0.15, 0.2) is 4.42 Å². The van der Waals surface area contributed by atoms with Crippen LogP contribution in [0.2, 0.25) is 0 Å². The molecule has 1 aliphatic rings. The average Bonchev–Trinajstić information content (AvgIpc) is 2.71. The van der Waals surface area contributed by atoms with E-state index in [4.69, 9.17) is 10.2 Å². The molecular formula is C8H14N4O. The monoisotopic (exact) mass is 182 g/mol. The van der Waals surface area contributed by atoms with Crippen LogP contribution in [0.4, 0.5) is 6.01 Å². The molecule has 2 heterocycles. The second-order valence-electron chi connectivity index (χ2n) is 3.52. The molecule has 0 aliphatic carbocycles. The Kier molecular flexibility index (Phi) is 2.18. The van der Waals surface area contributed by atoms with Crippen LogP contribution < -0.4 is 10.6 Å². The minimum atomic E-state index is 0.316. The van der Waals surface area contributed by atoms with E-state index in [1.807, 2.05) is 0 Å². The summed E-state index contributed by atoms with van der Waals surface area (Å²) in [5.41, 5.74) is 5.37. The van der Waals surface area contributed by atoms with Gasteiger partial charge >= 0.3 is 6.01 Å². The van der Waals surface area contributed by atoms with E-state index in [1.165, 1.54) is 6.42 Å². The lowest BCUT2D eigenvalue weighted by molar-refractivity contribution is 0.490. The number of rotatable bonds is 2. The summed E-state index contributed by atoms with van der Waals surface area (Å²) in [5, 5.41) is 7.75. The standard InChI is InChI=1S/C8H14N4O/c1-6-2-3-12(5-6)8-11-10-7(4-9)13-8/h6H,2-5,9H2,1H3. The van der Waals surface area contributed by atoms with Crippen molar-refractivity contribution in [3.8, 4) is 0 Å². The average molecular weight is 182 g/mol. The Balaban J connectivity index is 2.08. The summed E-state index contributed by atoms with van der Waals surface area (Å²) >= 11 is 0. The predicted molar refractivity (Wildman–Crippen MR) is 48.2 cm³/mol. The molecule has 0 aromatic carbocycles. The normalized spacial score (nSPS) is 22.6. The first kappa shape index (κ1) is 8.50. The summed E-state index contributed by atoms with van der Waals surface area (Å²) in [5.74, 6) is 1.22. The Morgan fingerprint density at radius 3 is 3.00 bits per heavy atom. The first-order valence-corrected chi connectivity index (χ1v) is 4.57. The molecule has 0 spiro atoms. The van der Waals surface area contributed by atoms with Gasteiger partial charge in [-0.2, -0.15) is 0 Å². The van der Waals surface area contributed by atoms with Gasteiger partial charge in [0.15, 0.2) is 0 Å². The van der Waals surface area contributed by atoms with E-state index in [0.29, 0.717) is 24.4 Å². The SMILES string of the molecule is CC1CCN(c2nnc(CN)o2)C1. The van der Waals surface area contributed by atoms with Gasteiger partial charge in [0.1, 0.15) is 0 Å². The fraction of sp³-hybridized carbons (Fsp3) is 0.750. The van der Waals surface area contributed by atoms with E-state index >= 15 is 0 Å². The van der Waals surface area contributed by atoms with Crippen LogP contribution >= 0.6 is 0 Å². The van der Waals surface area contributed by atoms with Crippen LogP contribution in [0.25, 0.3) is 0 Å². The molecule has 1 aliphatic heterocycles. The highest BCUT2D eigenvalue weighted by Gasteiger charge is 2.22. The second kappa shape index (κ2) is 3.33. The summed E-state index contributed by atoms with van der Waals surface area (Å²) in [6.45, 7) is 4.55. The highest BCUT2D eigenvalue weighted by atomic mass is 16.4. The summed E-state index contributed by atoms with van der Waals surface area (Å²) < 4.78 is 5.34. The van der Waals surface area contributed by atoms with Crippen molar-refractivity contribution in [3.63, 3.8) is 0 Å². The molecule has 1 fully saturated rings. The van der Waals surface area contributed by atoms with Crippen molar-refractivity contribution in [2.45, 2.75) is 19.9 Å². The van der Waals surface area contributed by atoms with Crippen LogP contribution in [-0.4, -0.2) is 23.3 Å². The molecule has 0 amide bonds. The molecule has 2 N–H and O–H groups in total. The van der Waals surface area contributed by atoms with E-state index in [1.54, 1.807) is 0 Å². The molecule has 5 nitrogen and oxygen atoms in total. The second-order valence-corrected chi connectivity index (χ2v) is 3.52. The Bertz CT molecular complexity index is 285. The van der Waals surface area contributed by atoms with Crippen molar-refractivity contribution in [3.05, 3.63) is 5.89 Å². The lowest BCUT2D eigenvalue weighted by Crippen LogP contribution is -2.19. The maximum Gasteiger partial charge on any atom is 0.318 e. The van der Waals surface area contributed by atoms with Gasteiger partial charge in [-0.3, -0.25) is 0 Å². The number of hydrogen-bond donors (Lipinski definition) is 1. The lowest BCUT2D eigenvalue weighted by Gasteiger charge is -2.10. The molecule has 1 saturated heterocycles. The third kappa shape index (κ3) is 1.65. The maximum atomic E-state index is 5.37. The Hall–Kier alpha value is -1.10. The molecule has 5 heteroatoms. The molecule has 0 bridgehead atoms. The van der Waals surface area contributed by atoms with Gasteiger partial charge in [0.2, 0.25) is 5.89 Å². The van der Waals surface area contributed by atoms with Crippen LogP contribution in [0.5, 0.6) is 0 Å². The first-order valence-electron chi connectivity index (χ1n) is 4.57. The zero-order chi connectivity index (χ0) is 9.26. The van der Waals surface area contributed by atoms with E-state index in [9.17, 15) is 0 Å².